The third kappa shape index (κ3) is 1.87. The normalized spacial score (nSPS) is 19.9. The number of rotatable bonds is 3. The number of pyridine rings is 1. The zero-order valence-electron chi connectivity index (χ0n) is 9.73. The van der Waals surface area contributed by atoms with E-state index in [1.165, 1.54) is 0 Å². The van der Waals surface area contributed by atoms with E-state index in [0.717, 1.165) is 42.7 Å². The maximum atomic E-state index is 10.9. The predicted molar refractivity (Wildman–Crippen MR) is 63.3 cm³/mol. The van der Waals surface area contributed by atoms with Gasteiger partial charge in [0.1, 0.15) is 5.82 Å². The molecule has 16 heavy (non-hydrogen) atoms. The van der Waals surface area contributed by atoms with Crippen LogP contribution in [0.1, 0.15) is 30.0 Å². The summed E-state index contributed by atoms with van der Waals surface area (Å²) in [5, 5.41) is 3.04. The standard InChI is InChI=1S/C12H17N3O/c1-9-6-10(7-14-12(9)13-2)11-4-3-5-15(11)8-16/h6-8,11H,3-5H2,1-2H3,(H,13,14). The van der Waals surface area contributed by atoms with Crippen molar-refractivity contribution in [2.75, 3.05) is 18.9 Å². The molecule has 1 saturated heterocycles. The van der Waals surface area contributed by atoms with Crippen molar-refractivity contribution in [2.45, 2.75) is 25.8 Å². The minimum Gasteiger partial charge on any atom is -0.373 e. The Morgan fingerprint density at radius 1 is 1.62 bits per heavy atom. The van der Waals surface area contributed by atoms with E-state index in [1.54, 1.807) is 0 Å². The van der Waals surface area contributed by atoms with Gasteiger partial charge in [-0.3, -0.25) is 4.79 Å². The van der Waals surface area contributed by atoms with E-state index in [0.29, 0.717) is 0 Å². The van der Waals surface area contributed by atoms with Crippen molar-refractivity contribution in [3.8, 4) is 0 Å². The molecule has 1 unspecified atom stereocenters. The second-order valence-corrected chi connectivity index (χ2v) is 4.19. The first kappa shape index (κ1) is 10.9. The zero-order valence-corrected chi connectivity index (χ0v) is 9.73. The van der Waals surface area contributed by atoms with Crippen molar-refractivity contribution >= 4 is 12.2 Å². The fourth-order valence-electron chi connectivity index (χ4n) is 2.31. The summed E-state index contributed by atoms with van der Waals surface area (Å²) >= 11 is 0. The first-order valence-corrected chi connectivity index (χ1v) is 5.61. The number of amides is 1. The van der Waals surface area contributed by atoms with Crippen LogP contribution in [0.4, 0.5) is 5.82 Å². The van der Waals surface area contributed by atoms with Gasteiger partial charge < -0.3 is 10.2 Å². The number of nitrogens with one attached hydrogen (secondary N) is 1. The van der Waals surface area contributed by atoms with Crippen molar-refractivity contribution in [1.29, 1.82) is 0 Å². The number of hydrogen-bond donors (Lipinski definition) is 1. The lowest BCUT2D eigenvalue weighted by atomic mass is 10.1. The fourth-order valence-corrected chi connectivity index (χ4v) is 2.31. The molecule has 1 N–H and O–H groups in total. The largest absolute Gasteiger partial charge is 0.373 e. The second kappa shape index (κ2) is 4.51. The number of aryl methyl sites for hydroxylation is 1. The minimum atomic E-state index is 0.217. The summed E-state index contributed by atoms with van der Waals surface area (Å²) in [6.07, 6.45) is 4.93. The Morgan fingerprint density at radius 3 is 3.06 bits per heavy atom. The molecule has 0 radical (unpaired) electrons. The fraction of sp³-hybridized carbons (Fsp3) is 0.500. The second-order valence-electron chi connectivity index (χ2n) is 4.19. The number of likely N-dealkylation sites (tertiary alicyclic amines) is 1. The van der Waals surface area contributed by atoms with Crippen molar-refractivity contribution in [2.24, 2.45) is 0 Å². The van der Waals surface area contributed by atoms with Gasteiger partial charge in [-0.25, -0.2) is 4.98 Å². The molecule has 1 aliphatic heterocycles. The Hall–Kier alpha value is -1.58. The smallest absolute Gasteiger partial charge is 0.210 e. The number of carbonyl (C=O) groups is 1. The lowest BCUT2D eigenvalue weighted by molar-refractivity contribution is -0.118. The van der Waals surface area contributed by atoms with E-state index >= 15 is 0 Å². The average molecular weight is 219 g/mol. The van der Waals surface area contributed by atoms with Gasteiger partial charge in [0.05, 0.1) is 6.04 Å². The SMILES string of the molecule is CNc1ncc(C2CCCN2C=O)cc1C. The van der Waals surface area contributed by atoms with Crippen LogP contribution in [-0.4, -0.2) is 29.9 Å². The minimum absolute atomic E-state index is 0.217. The van der Waals surface area contributed by atoms with E-state index < -0.39 is 0 Å². The molecule has 1 atom stereocenters. The first-order chi connectivity index (χ1) is 7.76. The lowest BCUT2D eigenvalue weighted by Gasteiger charge is -2.20. The van der Waals surface area contributed by atoms with Crippen molar-refractivity contribution in [3.63, 3.8) is 0 Å². The first-order valence-electron chi connectivity index (χ1n) is 5.61. The van der Waals surface area contributed by atoms with Gasteiger partial charge in [0, 0.05) is 19.8 Å². The van der Waals surface area contributed by atoms with Crippen LogP contribution in [0.15, 0.2) is 12.3 Å². The van der Waals surface area contributed by atoms with Crippen LogP contribution >= 0.6 is 0 Å². The van der Waals surface area contributed by atoms with Crippen molar-refractivity contribution in [3.05, 3.63) is 23.4 Å². The highest BCUT2D eigenvalue weighted by Gasteiger charge is 2.25. The lowest BCUT2D eigenvalue weighted by Crippen LogP contribution is -2.21. The topological polar surface area (TPSA) is 45.2 Å². The molecule has 1 aliphatic rings. The Balaban J connectivity index is 2.27. The van der Waals surface area contributed by atoms with Crippen LogP contribution in [0.3, 0.4) is 0 Å². The highest BCUT2D eigenvalue weighted by Crippen LogP contribution is 2.31. The summed E-state index contributed by atoms with van der Waals surface area (Å²) in [7, 11) is 1.86. The van der Waals surface area contributed by atoms with Gasteiger partial charge in [0.25, 0.3) is 0 Å². The summed E-state index contributed by atoms with van der Waals surface area (Å²) in [4.78, 5) is 17.1. The number of hydrogen-bond acceptors (Lipinski definition) is 3. The van der Waals surface area contributed by atoms with Crippen molar-refractivity contribution < 1.29 is 4.79 Å². The van der Waals surface area contributed by atoms with Crippen LogP contribution in [0.25, 0.3) is 0 Å². The monoisotopic (exact) mass is 219 g/mol. The number of nitrogens with zero attached hydrogens (tertiary/aromatic N) is 2. The molecule has 0 spiro atoms. The van der Waals surface area contributed by atoms with Crippen LogP contribution in [-0.2, 0) is 4.79 Å². The molecular formula is C12H17N3O. The molecule has 0 aromatic carbocycles. The Morgan fingerprint density at radius 2 is 2.44 bits per heavy atom. The van der Waals surface area contributed by atoms with Gasteiger partial charge in [0.2, 0.25) is 6.41 Å². The van der Waals surface area contributed by atoms with Gasteiger partial charge in [-0.05, 0) is 37.0 Å². The molecule has 0 bridgehead atoms. The highest BCUT2D eigenvalue weighted by molar-refractivity contribution is 5.51. The molecular weight excluding hydrogens is 202 g/mol. The van der Waals surface area contributed by atoms with Crippen molar-refractivity contribution in [1.82, 2.24) is 9.88 Å². The summed E-state index contributed by atoms with van der Waals surface area (Å²) < 4.78 is 0. The maximum Gasteiger partial charge on any atom is 0.210 e. The van der Waals surface area contributed by atoms with E-state index in [4.69, 9.17) is 0 Å². The van der Waals surface area contributed by atoms with Crippen LogP contribution in [0.2, 0.25) is 0 Å². The molecule has 0 saturated carbocycles. The van der Waals surface area contributed by atoms with Crippen LogP contribution in [0.5, 0.6) is 0 Å². The highest BCUT2D eigenvalue weighted by atomic mass is 16.1. The summed E-state index contributed by atoms with van der Waals surface area (Å²) in [5.41, 5.74) is 2.26. The Kier molecular flexibility index (Phi) is 3.08. The van der Waals surface area contributed by atoms with Gasteiger partial charge in [0.15, 0.2) is 0 Å². The van der Waals surface area contributed by atoms with Crippen LogP contribution < -0.4 is 5.32 Å². The molecule has 2 heterocycles. The molecule has 86 valence electrons. The quantitative estimate of drug-likeness (QED) is 0.787. The van der Waals surface area contributed by atoms with Gasteiger partial charge >= 0.3 is 0 Å². The molecule has 4 heteroatoms. The van der Waals surface area contributed by atoms with Gasteiger partial charge in [-0.15, -0.1) is 0 Å². The Bertz CT molecular complexity index is 392. The predicted octanol–water partition coefficient (Wildman–Crippen LogP) is 1.73. The maximum absolute atomic E-state index is 10.9. The van der Waals surface area contributed by atoms with E-state index in [9.17, 15) is 4.79 Å². The summed E-state index contributed by atoms with van der Waals surface area (Å²) in [6, 6.07) is 2.33. The third-order valence-corrected chi connectivity index (χ3v) is 3.15. The van der Waals surface area contributed by atoms with Crippen LogP contribution in [0, 0.1) is 6.92 Å². The molecule has 1 aromatic heterocycles. The van der Waals surface area contributed by atoms with Gasteiger partial charge in [-0.1, -0.05) is 0 Å². The average Bonchev–Trinajstić information content (AvgIpc) is 2.77. The molecule has 2 rings (SSSR count). The molecule has 1 amide bonds. The number of aromatic nitrogens is 1. The molecule has 4 nitrogen and oxygen atoms in total. The van der Waals surface area contributed by atoms with E-state index in [-0.39, 0.29) is 6.04 Å². The molecule has 0 aliphatic carbocycles. The Labute approximate surface area is 95.7 Å². The summed E-state index contributed by atoms with van der Waals surface area (Å²) in [6.45, 7) is 2.89. The number of anilines is 1. The van der Waals surface area contributed by atoms with Gasteiger partial charge in [-0.2, -0.15) is 0 Å². The number of carbonyl (C=O) groups excluding carboxylic acids is 1. The molecule has 1 fully saturated rings. The summed E-state index contributed by atoms with van der Waals surface area (Å²) in [5.74, 6) is 0.902. The zero-order chi connectivity index (χ0) is 11.5. The van der Waals surface area contributed by atoms with E-state index in [1.807, 2.05) is 25.1 Å². The molecule has 1 aromatic rings. The van der Waals surface area contributed by atoms with E-state index in [2.05, 4.69) is 16.4 Å². The third-order valence-electron chi connectivity index (χ3n) is 3.15.